The molecular formula is C15H18N2O2S. The van der Waals surface area contributed by atoms with Crippen LogP contribution in [0.3, 0.4) is 0 Å². The number of fused-ring (bicyclic) bond motifs is 1. The number of hydrogen-bond acceptors (Lipinski definition) is 4. The predicted molar refractivity (Wildman–Crippen MR) is 80.3 cm³/mol. The maximum Gasteiger partial charge on any atom is 0.354 e. The number of carbonyl (C=O) groups is 1. The van der Waals surface area contributed by atoms with E-state index in [4.69, 9.17) is 0 Å². The number of pyridine rings is 1. The fourth-order valence-corrected chi connectivity index (χ4v) is 3.74. The third kappa shape index (κ3) is 2.69. The number of carboxylic acid groups (broad SMARTS) is 1. The van der Waals surface area contributed by atoms with Crippen molar-refractivity contribution in [2.24, 2.45) is 5.92 Å². The Kier molecular flexibility index (Phi) is 3.72. The topological polar surface area (TPSA) is 53.4 Å². The highest BCUT2D eigenvalue weighted by atomic mass is 32.1. The first-order valence-corrected chi connectivity index (χ1v) is 7.84. The normalized spacial score (nSPS) is 20.4. The van der Waals surface area contributed by atoms with Crippen LogP contribution in [-0.4, -0.2) is 34.0 Å². The molecule has 1 aliphatic heterocycles. The van der Waals surface area contributed by atoms with Gasteiger partial charge in [-0.25, -0.2) is 9.78 Å². The van der Waals surface area contributed by atoms with E-state index < -0.39 is 5.97 Å². The zero-order chi connectivity index (χ0) is 14.1. The fourth-order valence-electron chi connectivity index (χ4n) is 2.93. The van der Waals surface area contributed by atoms with Gasteiger partial charge in [-0.1, -0.05) is 6.92 Å². The van der Waals surface area contributed by atoms with Crippen LogP contribution in [0.25, 0.3) is 10.2 Å². The molecule has 0 radical (unpaired) electrons. The van der Waals surface area contributed by atoms with Gasteiger partial charge in [0, 0.05) is 18.5 Å². The van der Waals surface area contributed by atoms with Crippen LogP contribution in [0, 0.1) is 5.92 Å². The number of likely N-dealkylation sites (tertiary alicyclic amines) is 1. The summed E-state index contributed by atoms with van der Waals surface area (Å²) in [7, 11) is 0. The Hall–Kier alpha value is -1.46. The summed E-state index contributed by atoms with van der Waals surface area (Å²) in [6, 6.07) is 3.78. The Morgan fingerprint density at radius 2 is 2.45 bits per heavy atom. The number of nitrogens with zero attached hydrogens (tertiary/aromatic N) is 2. The number of aromatic carboxylic acids is 1. The molecule has 0 aromatic carbocycles. The Morgan fingerprint density at radius 1 is 1.60 bits per heavy atom. The number of carboxylic acids is 1. The van der Waals surface area contributed by atoms with E-state index >= 15 is 0 Å². The van der Waals surface area contributed by atoms with Crippen LogP contribution >= 0.6 is 11.3 Å². The van der Waals surface area contributed by atoms with E-state index in [1.807, 2.05) is 11.4 Å². The smallest absolute Gasteiger partial charge is 0.354 e. The third-order valence-corrected chi connectivity index (χ3v) is 4.68. The van der Waals surface area contributed by atoms with Gasteiger partial charge in [0.25, 0.3) is 0 Å². The Morgan fingerprint density at radius 3 is 3.20 bits per heavy atom. The molecule has 20 heavy (non-hydrogen) atoms. The highest BCUT2D eigenvalue weighted by molar-refractivity contribution is 7.16. The molecule has 1 fully saturated rings. The third-order valence-electron chi connectivity index (χ3n) is 3.88. The summed E-state index contributed by atoms with van der Waals surface area (Å²) in [6.45, 7) is 5.29. The first-order valence-electron chi connectivity index (χ1n) is 6.96. The number of thiophene rings is 1. The van der Waals surface area contributed by atoms with E-state index in [2.05, 4.69) is 16.8 Å². The highest BCUT2D eigenvalue weighted by Gasteiger charge is 2.19. The number of hydrogen-bond donors (Lipinski definition) is 1. The molecule has 1 N–H and O–H groups in total. The Labute approximate surface area is 122 Å². The highest BCUT2D eigenvalue weighted by Crippen LogP contribution is 2.26. The van der Waals surface area contributed by atoms with Gasteiger partial charge in [0.2, 0.25) is 0 Å². The SMILES string of the molecule is C[C@H]1CCCN(Cc2cc(C(=O)O)nc3sccc23)C1. The molecule has 0 bridgehead atoms. The average Bonchev–Trinajstić information content (AvgIpc) is 2.87. The molecule has 0 unspecified atom stereocenters. The Balaban J connectivity index is 1.93. The lowest BCUT2D eigenvalue weighted by Gasteiger charge is -2.31. The van der Waals surface area contributed by atoms with Gasteiger partial charge in [0.15, 0.2) is 0 Å². The zero-order valence-electron chi connectivity index (χ0n) is 11.5. The average molecular weight is 290 g/mol. The first-order chi connectivity index (χ1) is 9.63. The number of rotatable bonds is 3. The van der Waals surface area contributed by atoms with Crippen LogP contribution in [0.15, 0.2) is 17.5 Å². The van der Waals surface area contributed by atoms with E-state index in [0.29, 0.717) is 0 Å². The van der Waals surface area contributed by atoms with Gasteiger partial charge in [-0.3, -0.25) is 4.90 Å². The molecule has 1 aliphatic rings. The molecule has 0 spiro atoms. The van der Waals surface area contributed by atoms with E-state index in [-0.39, 0.29) is 5.69 Å². The summed E-state index contributed by atoms with van der Waals surface area (Å²) < 4.78 is 0. The molecule has 106 valence electrons. The van der Waals surface area contributed by atoms with Crippen molar-refractivity contribution >= 4 is 27.5 Å². The number of piperidine rings is 1. The molecule has 3 rings (SSSR count). The number of aromatic nitrogens is 1. The van der Waals surface area contributed by atoms with Gasteiger partial charge >= 0.3 is 5.97 Å². The first kappa shape index (κ1) is 13.5. The quantitative estimate of drug-likeness (QED) is 0.943. The molecule has 0 amide bonds. The minimum atomic E-state index is -0.950. The van der Waals surface area contributed by atoms with E-state index in [0.717, 1.165) is 41.3 Å². The molecule has 1 saturated heterocycles. The van der Waals surface area contributed by atoms with Crippen molar-refractivity contribution in [1.82, 2.24) is 9.88 Å². The molecule has 2 aromatic heterocycles. The van der Waals surface area contributed by atoms with Gasteiger partial charge in [-0.2, -0.15) is 0 Å². The summed E-state index contributed by atoms with van der Waals surface area (Å²) in [5, 5.41) is 12.3. The van der Waals surface area contributed by atoms with E-state index in [9.17, 15) is 9.90 Å². The van der Waals surface area contributed by atoms with Crippen molar-refractivity contribution in [2.45, 2.75) is 26.3 Å². The molecular weight excluding hydrogens is 272 g/mol. The predicted octanol–water partition coefficient (Wildman–Crippen LogP) is 3.23. The standard InChI is InChI=1S/C15H18N2O2S/c1-10-3-2-5-17(8-10)9-11-7-13(15(18)19)16-14-12(11)4-6-20-14/h4,6-7,10H,2-3,5,8-9H2,1H3,(H,18,19)/t10-/m0/s1. The van der Waals surface area contributed by atoms with Crippen LogP contribution in [0.1, 0.15) is 35.8 Å². The molecule has 1 atom stereocenters. The van der Waals surface area contributed by atoms with Gasteiger partial charge in [0.1, 0.15) is 10.5 Å². The van der Waals surface area contributed by atoms with E-state index in [1.165, 1.54) is 24.2 Å². The van der Waals surface area contributed by atoms with Crippen LogP contribution in [0.4, 0.5) is 0 Å². The van der Waals surface area contributed by atoms with Crippen molar-refractivity contribution in [1.29, 1.82) is 0 Å². The molecule has 0 aliphatic carbocycles. The minimum Gasteiger partial charge on any atom is -0.477 e. The van der Waals surface area contributed by atoms with Crippen molar-refractivity contribution < 1.29 is 9.90 Å². The second kappa shape index (κ2) is 5.50. The molecule has 4 nitrogen and oxygen atoms in total. The van der Waals surface area contributed by atoms with E-state index in [1.54, 1.807) is 6.07 Å². The monoisotopic (exact) mass is 290 g/mol. The van der Waals surface area contributed by atoms with Gasteiger partial charge < -0.3 is 5.11 Å². The van der Waals surface area contributed by atoms with Crippen LogP contribution in [0.5, 0.6) is 0 Å². The van der Waals surface area contributed by atoms with Gasteiger partial charge in [-0.05, 0) is 48.4 Å². The van der Waals surface area contributed by atoms with Crippen LogP contribution < -0.4 is 0 Å². The van der Waals surface area contributed by atoms with Gasteiger partial charge in [-0.15, -0.1) is 11.3 Å². The lowest BCUT2D eigenvalue weighted by Crippen LogP contribution is -2.33. The molecule has 2 aromatic rings. The lowest BCUT2D eigenvalue weighted by molar-refractivity contribution is 0.0690. The second-order valence-corrected chi connectivity index (χ2v) is 6.49. The van der Waals surface area contributed by atoms with Crippen molar-refractivity contribution in [3.05, 3.63) is 28.8 Å². The van der Waals surface area contributed by atoms with Crippen LogP contribution in [0.2, 0.25) is 0 Å². The fraction of sp³-hybridized carbons (Fsp3) is 0.467. The summed E-state index contributed by atoms with van der Waals surface area (Å²) in [4.78, 5) is 18.6. The minimum absolute atomic E-state index is 0.153. The van der Waals surface area contributed by atoms with Gasteiger partial charge in [0.05, 0.1) is 0 Å². The second-order valence-electron chi connectivity index (χ2n) is 5.59. The van der Waals surface area contributed by atoms with Crippen LogP contribution in [-0.2, 0) is 6.54 Å². The summed E-state index contributed by atoms with van der Waals surface area (Å²) in [5.74, 6) is -0.226. The largest absolute Gasteiger partial charge is 0.477 e. The molecule has 0 saturated carbocycles. The van der Waals surface area contributed by atoms with Crippen molar-refractivity contribution in [2.75, 3.05) is 13.1 Å². The molecule has 5 heteroatoms. The zero-order valence-corrected chi connectivity index (χ0v) is 12.3. The summed E-state index contributed by atoms with van der Waals surface area (Å²) >= 11 is 1.50. The maximum atomic E-state index is 11.2. The maximum absolute atomic E-state index is 11.2. The Bertz CT molecular complexity index is 638. The van der Waals surface area contributed by atoms with Crippen molar-refractivity contribution in [3.63, 3.8) is 0 Å². The lowest BCUT2D eigenvalue weighted by atomic mass is 9.99. The summed E-state index contributed by atoms with van der Waals surface area (Å²) in [5.41, 5.74) is 1.24. The molecule has 3 heterocycles. The summed E-state index contributed by atoms with van der Waals surface area (Å²) in [6.07, 6.45) is 2.52. The van der Waals surface area contributed by atoms with Crippen molar-refractivity contribution in [3.8, 4) is 0 Å².